The Morgan fingerprint density at radius 3 is 2.76 bits per heavy atom. The molecule has 0 bridgehead atoms. The van der Waals surface area contributed by atoms with Crippen LogP contribution in [0, 0.1) is 0 Å². The predicted molar refractivity (Wildman–Crippen MR) is 81.2 cm³/mol. The van der Waals surface area contributed by atoms with E-state index in [1.807, 2.05) is 18.2 Å². The fraction of sp³-hybridized carbons (Fsp3) is 0.571. The SMILES string of the molecule is CC(CCc1ccc2c(c1)OCO2)NCCNS(C)(=O)=O. The van der Waals surface area contributed by atoms with E-state index in [0.29, 0.717) is 25.9 Å². The van der Waals surface area contributed by atoms with E-state index in [2.05, 4.69) is 17.0 Å². The van der Waals surface area contributed by atoms with Crippen LogP contribution < -0.4 is 19.5 Å². The van der Waals surface area contributed by atoms with Gasteiger partial charge in [-0.25, -0.2) is 13.1 Å². The van der Waals surface area contributed by atoms with E-state index in [9.17, 15) is 8.42 Å². The Labute approximate surface area is 125 Å². The van der Waals surface area contributed by atoms with E-state index >= 15 is 0 Å². The first kappa shape index (κ1) is 16.1. The van der Waals surface area contributed by atoms with Crippen molar-refractivity contribution in [2.75, 3.05) is 26.1 Å². The molecule has 0 spiro atoms. The molecular formula is C14H22N2O4S. The van der Waals surface area contributed by atoms with E-state index in [0.717, 1.165) is 30.6 Å². The summed E-state index contributed by atoms with van der Waals surface area (Å²) in [6.07, 6.45) is 3.07. The van der Waals surface area contributed by atoms with Crippen LogP contribution in [0.2, 0.25) is 0 Å². The molecule has 21 heavy (non-hydrogen) atoms. The Morgan fingerprint density at radius 1 is 1.24 bits per heavy atom. The number of rotatable bonds is 8. The number of ether oxygens (including phenoxy) is 2. The minimum absolute atomic E-state index is 0.296. The maximum absolute atomic E-state index is 10.9. The van der Waals surface area contributed by atoms with Gasteiger partial charge in [-0.3, -0.25) is 0 Å². The van der Waals surface area contributed by atoms with Crippen molar-refractivity contribution in [2.45, 2.75) is 25.8 Å². The Kier molecular flexibility index (Phi) is 5.44. The first-order valence-electron chi connectivity index (χ1n) is 7.00. The Balaban J connectivity index is 1.68. The van der Waals surface area contributed by atoms with Crippen molar-refractivity contribution in [3.8, 4) is 11.5 Å². The molecule has 2 N–H and O–H groups in total. The Hall–Kier alpha value is -1.31. The summed E-state index contributed by atoms with van der Waals surface area (Å²) in [5.74, 6) is 1.61. The van der Waals surface area contributed by atoms with Crippen molar-refractivity contribution in [1.82, 2.24) is 10.0 Å². The highest BCUT2D eigenvalue weighted by atomic mass is 32.2. The first-order chi connectivity index (χ1) is 9.94. The number of hydrogen-bond acceptors (Lipinski definition) is 5. The van der Waals surface area contributed by atoms with E-state index in [1.165, 1.54) is 5.56 Å². The monoisotopic (exact) mass is 314 g/mol. The summed E-state index contributed by atoms with van der Waals surface area (Å²) in [7, 11) is -3.10. The van der Waals surface area contributed by atoms with Crippen molar-refractivity contribution >= 4 is 10.0 Å². The molecule has 1 aliphatic rings. The molecule has 0 radical (unpaired) electrons. The van der Waals surface area contributed by atoms with Gasteiger partial charge in [-0.1, -0.05) is 6.07 Å². The third kappa shape index (κ3) is 5.53. The molecule has 1 heterocycles. The summed E-state index contributed by atoms with van der Waals surface area (Å²) in [5.41, 5.74) is 1.21. The molecule has 0 fully saturated rings. The molecule has 1 aromatic carbocycles. The minimum atomic E-state index is -3.10. The van der Waals surface area contributed by atoms with Gasteiger partial charge in [0.1, 0.15) is 0 Å². The van der Waals surface area contributed by atoms with Crippen LogP contribution in [-0.4, -0.2) is 40.6 Å². The van der Waals surface area contributed by atoms with Crippen molar-refractivity contribution in [1.29, 1.82) is 0 Å². The molecular weight excluding hydrogens is 292 g/mol. The number of hydrogen-bond donors (Lipinski definition) is 2. The molecule has 1 aromatic rings. The molecule has 0 amide bonds. The van der Waals surface area contributed by atoms with E-state index in [4.69, 9.17) is 9.47 Å². The lowest BCUT2D eigenvalue weighted by Crippen LogP contribution is -2.35. The van der Waals surface area contributed by atoms with Gasteiger partial charge in [0.05, 0.1) is 6.26 Å². The van der Waals surface area contributed by atoms with Gasteiger partial charge in [0.15, 0.2) is 11.5 Å². The smallest absolute Gasteiger partial charge is 0.231 e. The molecule has 2 rings (SSSR count). The summed E-state index contributed by atoms with van der Waals surface area (Å²) < 4.78 is 34.9. The molecule has 7 heteroatoms. The highest BCUT2D eigenvalue weighted by Crippen LogP contribution is 2.32. The highest BCUT2D eigenvalue weighted by molar-refractivity contribution is 7.88. The Bertz CT molecular complexity index is 574. The fourth-order valence-corrected chi connectivity index (χ4v) is 2.61. The van der Waals surface area contributed by atoms with E-state index in [-0.39, 0.29) is 0 Å². The largest absolute Gasteiger partial charge is 0.454 e. The van der Waals surface area contributed by atoms with Crippen LogP contribution in [0.25, 0.3) is 0 Å². The van der Waals surface area contributed by atoms with Crippen LogP contribution in [-0.2, 0) is 16.4 Å². The van der Waals surface area contributed by atoms with Gasteiger partial charge in [-0.2, -0.15) is 0 Å². The van der Waals surface area contributed by atoms with Gasteiger partial charge in [0, 0.05) is 19.1 Å². The summed E-state index contributed by atoms with van der Waals surface area (Å²) in [4.78, 5) is 0. The molecule has 0 aromatic heterocycles. The van der Waals surface area contributed by atoms with Crippen LogP contribution in [0.4, 0.5) is 0 Å². The molecule has 0 saturated carbocycles. The number of fused-ring (bicyclic) bond motifs is 1. The summed E-state index contributed by atoms with van der Waals surface area (Å²) in [6, 6.07) is 6.31. The predicted octanol–water partition coefficient (Wildman–Crippen LogP) is 0.875. The number of aryl methyl sites for hydroxylation is 1. The van der Waals surface area contributed by atoms with Crippen molar-refractivity contribution in [3.05, 3.63) is 23.8 Å². The maximum atomic E-state index is 10.9. The second-order valence-corrected chi connectivity index (χ2v) is 7.08. The summed E-state index contributed by atoms with van der Waals surface area (Å²) in [6.45, 7) is 3.42. The van der Waals surface area contributed by atoms with Gasteiger partial charge in [0.2, 0.25) is 16.8 Å². The van der Waals surface area contributed by atoms with Crippen LogP contribution in [0.15, 0.2) is 18.2 Å². The zero-order chi connectivity index (χ0) is 15.3. The highest BCUT2D eigenvalue weighted by Gasteiger charge is 2.13. The normalized spacial score (nSPS) is 15.1. The third-order valence-electron chi connectivity index (χ3n) is 3.29. The number of benzene rings is 1. The topological polar surface area (TPSA) is 76.7 Å². The average molecular weight is 314 g/mol. The lowest BCUT2D eigenvalue weighted by atomic mass is 10.1. The minimum Gasteiger partial charge on any atom is -0.454 e. The maximum Gasteiger partial charge on any atom is 0.231 e. The number of nitrogens with one attached hydrogen (secondary N) is 2. The second kappa shape index (κ2) is 7.11. The average Bonchev–Trinajstić information content (AvgIpc) is 2.87. The molecule has 1 unspecified atom stereocenters. The zero-order valence-corrected chi connectivity index (χ0v) is 13.2. The molecule has 0 aliphatic carbocycles. The molecule has 118 valence electrons. The van der Waals surface area contributed by atoms with Gasteiger partial charge < -0.3 is 14.8 Å². The number of sulfonamides is 1. The van der Waals surface area contributed by atoms with Crippen LogP contribution in [0.1, 0.15) is 18.9 Å². The van der Waals surface area contributed by atoms with E-state index < -0.39 is 10.0 Å². The van der Waals surface area contributed by atoms with Gasteiger partial charge in [0.25, 0.3) is 0 Å². The van der Waals surface area contributed by atoms with Gasteiger partial charge in [-0.05, 0) is 37.5 Å². The van der Waals surface area contributed by atoms with Crippen molar-refractivity contribution < 1.29 is 17.9 Å². The molecule has 1 atom stereocenters. The molecule has 0 saturated heterocycles. The van der Waals surface area contributed by atoms with Crippen LogP contribution in [0.3, 0.4) is 0 Å². The van der Waals surface area contributed by atoms with Crippen molar-refractivity contribution in [3.63, 3.8) is 0 Å². The van der Waals surface area contributed by atoms with Gasteiger partial charge in [-0.15, -0.1) is 0 Å². The Morgan fingerprint density at radius 2 is 2.00 bits per heavy atom. The quantitative estimate of drug-likeness (QED) is 0.697. The third-order valence-corrected chi connectivity index (χ3v) is 4.01. The molecule has 1 aliphatic heterocycles. The standard InChI is InChI=1S/C14H22N2O4S/c1-11(15-7-8-16-21(2,17)18)3-4-12-5-6-13-14(9-12)20-10-19-13/h5-6,9,11,15-16H,3-4,7-8,10H2,1-2H3. The lowest BCUT2D eigenvalue weighted by Gasteiger charge is -2.14. The van der Waals surface area contributed by atoms with Crippen LogP contribution >= 0.6 is 0 Å². The first-order valence-corrected chi connectivity index (χ1v) is 8.90. The van der Waals surface area contributed by atoms with Crippen LogP contribution in [0.5, 0.6) is 11.5 Å². The summed E-state index contributed by atoms with van der Waals surface area (Å²) in [5, 5.41) is 3.29. The fourth-order valence-electron chi connectivity index (χ4n) is 2.14. The van der Waals surface area contributed by atoms with Crippen molar-refractivity contribution in [2.24, 2.45) is 0 Å². The molecule has 6 nitrogen and oxygen atoms in total. The lowest BCUT2D eigenvalue weighted by molar-refractivity contribution is 0.174. The summed E-state index contributed by atoms with van der Waals surface area (Å²) >= 11 is 0. The van der Waals surface area contributed by atoms with E-state index in [1.54, 1.807) is 0 Å². The second-order valence-electron chi connectivity index (χ2n) is 5.25. The zero-order valence-electron chi connectivity index (χ0n) is 12.4. The van der Waals surface area contributed by atoms with Gasteiger partial charge >= 0.3 is 0 Å².